The number of hydrazine groups is 1. The molecule has 0 atom stereocenters. The zero-order valence-corrected chi connectivity index (χ0v) is 9.58. The molecule has 0 radical (unpaired) electrons. The van der Waals surface area contributed by atoms with Crippen molar-refractivity contribution in [1.82, 2.24) is 4.98 Å². The van der Waals surface area contributed by atoms with E-state index in [0.29, 0.717) is 5.69 Å². The molecule has 0 saturated heterocycles. The van der Waals surface area contributed by atoms with Gasteiger partial charge in [-0.2, -0.15) is 0 Å². The summed E-state index contributed by atoms with van der Waals surface area (Å²) in [6.07, 6.45) is 1.47. The molecule has 0 aliphatic rings. The van der Waals surface area contributed by atoms with Crippen LogP contribution < -0.4 is 16.0 Å². The molecule has 0 fully saturated rings. The van der Waals surface area contributed by atoms with Crippen LogP contribution in [0.4, 0.5) is 14.5 Å². The van der Waals surface area contributed by atoms with E-state index in [9.17, 15) is 8.78 Å². The molecule has 0 aliphatic heterocycles. The van der Waals surface area contributed by atoms with Gasteiger partial charge in [0.25, 0.3) is 0 Å². The quantitative estimate of drug-likeness (QED) is 0.650. The van der Waals surface area contributed by atoms with Crippen LogP contribution >= 0.6 is 0 Å². The van der Waals surface area contributed by atoms with E-state index in [4.69, 9.17) is 10.6 Å². The minimum atomic E-state index is -0.707. The van der Waals surface area contributed by atoms with Gasteiger partial charge in [-0.1, -0.05) is 0 Å². The number of pyridine rings is 1. The highest BCUT2D eigenvalue weighted by Crippen LogP contribution is 2.24. The number of ether oxygens (including phenoxy) is 1. The number of aryl methyl sites for hydroxylation is 1. The fourth-order valence-corrected chi connectivity index (χ4v) is 1.45. The molecule has 2 rings (SSSR count). The predicted octanol–water partition coefficient (Wildman–Crippen LogP) is 2.75. The second-order valence-electron chi connectivity index (χ2n) is 3.69. The molecule has 1 aromatic carbocycles. The van der Waals surface area contributed by atoms with Gasteiger partial charge in [0, 0.05) is 24.3 Å². The highest BCUT2D eigenvalue weighted by atomic mass is 19.1. The van der Waals surface area contributed by atoms with Crippen LogP contribution in [0, 0.1) is 18.6 Å². The normalized spacial score (nSPS) is 10.2. The summed E-state index contributed by atoms with van der Waals surface area (Å²) in [5.74, 6) is 4.13. The second kappa shape index (κ2) is 4.97. The van der Waals surface area contributed by atoms with Crippen molar-refractivity contribution in [2.24, 2.45) is 5.84 Å². The van der Waals surface area contributed by atoms with Crippen LogP contribution in [0.2, 0.25) is 0 Å². The third-order valence-electron chi connectivity index (χ3n) is 2.30. The summed E-state index contributed by atoms with van der Waals surface area (Å²) in [6, 6.07) is 4.54. The summed E-state index contributed by atoms with van der Waals surface area (Å²) >= 11 is 0. The molecule has 0 spiro atoms. The number of rotatable bonds is 3. The van der Waals surface area contributed by atoms with Gasteiger partial charge in [0.1, 0.15) is 17.4 Å². The summed E-state index contributed by atoms with van der Waals surface area (Å²) < 4.78 is 31.2. The predicted molar refractivity (Wildman–Crippen MR) is 63.2 cm³/mol. The van der Waals surface area contributed by atoms with Gasteiger partial charge in [-0.25, -0.2) is 13.8 Å². The molecule has 6 heteroatoms. The van der Waals surface area contributed by atoms with Crippen molar-refractivity contribution in [3.8, 4) is 11.6 Å². The van der Waals surface area contributed by atoms with Crippen LogP contribution in [0.15, 0.2) is 30.5 Å². The van der Waals surface area contributed by atoms with Crippen LogP contribution in [0.3, 0.4) is 0 Å². The Balaban J connectivity index is 2.25. The van der Waals surface area contributed by atoms with E-state index in [0.717, 1.165) is 23.8 Å². The first-order valence-electron chi connectivity index (χ1n) is 5.15. The first-order chi connectivity index (χ1) is 8.58. The van der Waals surface area contributed by atoms with Crippen LogP contribution in [0.5, 0.6) is 11.6 Å². The molecule has 0 unspecified atom stereocenters. The minimum absolute atomic E-state index is 0.0489. The summed E-state index contributed by atoms with van der Waals surface area (Å²) in [6.45, 7) is 1.80. The van der Waals surface area contributed by atoms with E-state index in [2.05, 4.69) is 10.4 Å². The maximum atomic E-state index is 13.0. The number of aromatic nitrogens is 1. The van der Waals surface area contributed by atoms with E-state index in [1.165, 1.54) is 6.20 Å². The topological polar surface area (TPSA) is 60.2 Å². The largest absolute Gasteiger partial charge is 0.439 e. The Kier molecular flexibility index (Phi) is 3.38. The van der Waals surface area contributed by atoms with E-state index in [1.807, 2.05) is 0 Å². The Labute approximate surface area is 102 Å². The fraction of sp³-hybridized carbons (Fsp3) is 0.0833. The van der Waals surface area contributed by atoms with E-state index < -0.39 is 11.6 Å². The number of nitrogens with zero attached hydrogens (tertiary/aromatic N) is 1. The van der Waals surface area contributed by atoms with Crippen molar-refractivity contribution in [1.29, 1.82) is 0 Å². The lowest BCUT2D eigenvalue weighted by atomic mass is 10.2. The molecule has 0 saturated carbocycles. The highest BCUT2D eigenvalue weighted by molar-refractivity contribution is 5.49. The van der Waals surface area contributed by atoms with Crippen LogP contribution in [0.1, 0.15) is 5.56 Å². The number of halogens is 2. The molecule has 0 amide bonds. The zero-order valence-electron chi connectivity index (χ0n) is 9.58. The van der Waals surface area contributed by atoms with Gasteiger partial charge in [0.05, 0.1) is 11.9 Å². The van der Waals surface area contributed by atoms with Crippen molar-refractivity contribution in [3.63, 3.8) is 0 Å². The average Bonchev–Trinajstić information content (AvgIpc) is 2.27. The molecule has 2 aromatic rings. The smallest absolute Gasteiger partial charge is 0.219 e. The van der Waals surface area contributed by atoms with Crippen molar-refractivity contribution in [2.45, 2.75) is 6.92 Å². The molecule has 1 heterocycles. The minimum Gasteiger partial charge on any atom is -0.439 e. The number of nitrogen functional groups attached to an aromatic ring is 1. The Hall–Kier alpha value is -2.21. The Morgan fingerprint density at radius 3 is 2.39 bits per heavy atom. The van der Waals surface area contributed by atoms with Crippen molar-refractivity contribution in [2.75, 3.05) is 5.43 Å². The molecule has 0 aliphatic carbocycles. The molecule has 3 N–H and O–H groups in total. The lowest BCUT2D eigenvalue weighted by molar-refractivity contribution is 0.451. The SMILES string of the molecule is Cc1cc(Oc2cc(F)cc(F)c2)ncc1NN. The Morgan fingerprint density at radius 1 is 1.17 bits per heavy atom. The average molecular weight is 251 g/mol. The van der Waals surface area contributed by atoms with E-state index in [1.54, 1.807) is 13.0 Å². The molecular weight excluding hydrogens is 240 g/mol. The van der Waals surface area contributed by atoms with Crippen molar-refractivity contribution in [3.05, 3.63) is 47.7 Å². The second-order valence-corrected chi connectivity index (χ2v) is 3.69. The highest BCUT2D eigenvalue weighted by Gasteiger charge is 2.05. The van der Waals surface area contributed by atoms with Crippen LogP contribution in [-0.2, 0) is 0 Å². The number of benzene rings is 1. The van der Waals surface area contributed by atoms with Gasteiger partial charge in [0.2, 0.25) is 5.88 Å². The summed E-state index contributed by atoms with van der Waals surface area (Å²) in [5.41, 5.74) is 3.92. The number of nitrogens with two attached hydrogens (primary N) is 1. The maximum Gasteiger partial charge on any atom is 0.219 e. The van der Waals surface area contributed by atoms with Gasteiger partial charge >= 0.3 is 0 Å². The van der Waals surface area contributed by atoms with Gasteiger partial charge < -0.3 is 10.2 Å². The summed E-state index contributed by atoms with van der Waals surface area (Å²) in [4.78, 5) is 3.96. The molecule has 4 nitrogen and oxygen atoms in total. The van der Waals surface area contributed by atoms with Gasteiger partial charge in [-0.05, 0) is 12.5 Å². The standard InChI is InChI=1S/C12H11F2N3O/c1-7-2-12(16-6-11(7)17-15)18-10-4-8(13)3-9(14)5-10/h2-6,17H,15H2,1H3. The maximum absolute atomic E-state index is 13.0. The lowest BCUT2D eigenvalue weighted by Crippen LogP contribution is -2.08. The monoisotopic (exact) mass is 251 g/mol. The zero-order chi connectivity index (χ0) is 13.1. The van der Waals surface area contributed by atoms with E-state index >= 15 is 0 Å². The number of hydrogen-bond acceptors (Lipinski definition) is 4. The Bertz CT molecular complexity index is 555. The number of hydrogen-bond donors (Lipinski definition) is 2. The fourth-order valence-electron chi connectivity index (χ4n) is 1.45. The molecule has 18 heavy (non-hydrogen) atoms. The van der Waals surface area contributed by atoms with Crippen molar-refractivity contribution >= 4 is 5.69 Å². The molecule has 94 valence electrons. The first-order valence-corrected chi connectivity index (χ1v) is 5.15. The molecule has 0 bridgehead atoms. The third kappa shape index (κ3) is 2.72. The van der Waals surface area contributed by atoms with Gasteiger partial charge in [0.15, 0.2) is 0 Å². The van der Waals surface area contributed by atoms with Crippen LogP contribution in [-0.4, -0.2) is 4.98 Å². The third-order valence-corrected chi connectivity index (χ3v) is 2.30. The Morgan fingerprint density at radius 2 is 1.83 bits per heavy atom. The lowest BCUT2D eigenvalue weighted by Gasteiger charge is -2.08. The molecular formula is C12H11F2N3O. The molecule has 1 aromatic heterocycles. The van der Waals surface area contributed by atoms with Crippen LogP contribution in [0.25, 0.3) is 0 Å². The summed E-state index contributed by atoms with van der Waals surface area (Å²) in [5, 5.41) is 0. The first kappa shape index (κ1) is 12.3. The van der Waals surface area contributed by atoms with Gasteiger partial charge in [-0.3, -0.25) is 5.84 Å². The summed E-state index contributed by atoms with van der Waals surface area (Å²) in [7, 11) is 0. The van der Waals surface area contributed by atoms with Gasteiger partial charge in [-0.15, -0.1) is 0 Å². The number of nitrogens with one attached hydrogen (secondary N) is 1. The van der Waals surface area contributed by atoms with Crippen molar-refractivity contribution < 1.29 is 13.5 Å². The van der Waals surface area contributed by atoms with E-state index in [-0.39, 0.29) is 11.6 Å². The number of anilines is 1.